The normalized spacial score (nSPS) is 12.3. The van der Waals surface area contributed by atoms with Crippen LogP contribution in [0, 0.1) is 0 Å². The molecule has 0 heteroatoms. The van der Waals surface area contributed by atoms with Gasteiger partial charge in [-0.25, -0.2) is 0 Å². The number of hydrogen-bond donors (Lipinski definition) is 0. The summed E-state index contributed by atoms with van der Waals surface area (Å²) in [4.78, 5) is 0. The summed E-state index contributed by atoms with van der Waals surface area (Å²) in [6.45, 7) is 13.7. The van der Waals surface area contributed by atoms with Gasteiger partial charge < -0.3 is 0 Å². The van der Waals surface area contributed by atoms with Crippen LogP contribution in [0.5, 0.6) is 0 Å². The average Bonchev–Trinajstić information content (AvgIpc) is 2.72. The Morgan fingerprint density at radius 1 is 0.467 bits per heavy atom. The Morgan fingerprint density at radius 3 is 1.27 bits per heavy atom. The minimum atomic E-state index is 0.129. The van der Waals surface area contributed by atoms with E-state index in [-0.39, 0.29) is 10.8 Å². The smallest absolute Gasteiger partial charge is 0.00268 e. The van der Waals surface area contributed by atoms with Gasteiger partial charge in [-0.3, -0.25) is 0 Å². The number of benzene rings is 4. The predicted octanol–water partition coefficient (Wildman–Crippen LogP) is 8.77. The first-order valence-electron chi connectivity index (χ1n) is 10.9. The average molecular weight is 393 g/mol. The van der Waals surface area contributed by atoms with Gasteiger partial charge in [0, 0.05) is 0 Å². The molecule has 0 aromatic heterocycles. The molecule has 0 nitrogen and oxygen atoms in total. The monoisotopic (exact) mass is 392 g/mol. The quantitative estimate of drug-likeness (QED) is 0.320. The molecule has 0 bridgehead atoms. The van der Waals surface area contributed by atoms with Crippen molar-refractivity contribution >= 4 is 10.8 Å². The fourth-order valence-corrected chi connectivity index (χ4v) is 4.13. The highest BCUT2D eigenvalue weighted by atomic mass is 14.2. The number of fused-ring (bicyclic) bond motifs is 1. The third-order valence-electron chi connectivity index (χ3n) is 5.98. The topological polar surface area (TPSA) is 0 Å². The van der Waals surface area contributed by atoms with Crippen molar-refractivity contribution in [2.24, 2.45) is 0 Å². The van der Waals surface area contributed by atoms with Crippen LogP contribution in [0.25, 0.3) is 33.0 Å². The lowest BCUT2D eigenvalue weighted by atomic mass is 9.83. The second kappa shape index (κ2) is 7.43. The summed E-state index contributed by atoms with van der Waals surface area (Å²) < 4.78 is 0. The highest BCUT2D eigenvalue weighted by Gasteiger charge is 2.17. The van der Waals surface area contributed by atoms with Crippen LogP contribution in [0.2, 0.25) is 0 Å². The number of rotatable bonds is 2. The van der Waals surface area contributed by atoms with Crippen molar-refractivity contribution < 1.29 is 0 Å². The summed E-state index contributed by atoms with van der Waals surface area (Å²) in [7, 11) is 0. The van der Waals surface area contributed by atoms with Crippen molar-refractivity contribution in [3.63, 3.8) is 0 Å². The van der Waals surface area contributed by atoms with Gasteiger partial charge in [0.25, 0.3) is 0 Å². The Hall–Kier alpha value is -2.86. The fraction of sp³-hybridized carbons (Fsp3) is 0.267. The van der Waals surface area contributed by atoms with Crippen LogP contribution in [0.1, 0.15) is 52.7 Å². The van der Waals surface area contributed by atoms with Crippen LogP contribution in [-0.4, -0.2) is 0 Å². The van der Waals surface area contributed by atoms with E-state index >= 15 is 0 Å². The van der Waals surface area contributed by atoms with E-state index in [0.717, 1.165) is 0 Å². The second-order valence-corrected chi connectivity index (χ2v) is 10.4. The molecule has 0 atom stereocenters. The lowest BCUT2D eigenvalue weighted by Crippen LogP contribution is -2.10. The van der Waals surface area contributed by atoms with Crippen LogP contribution in [0.4, 0.5) is 0 Å². The van der Waals surface area contributed by atoms with Gasteiger partial charge in [0.15, 0.2) is 0 Å². The minimum absolute atomic E-state index is 0.129. The molecule has 0 unspecified atom stereocenters. The van der Waals surface area contributed by atoms with Gasteiger partial charge in [-0.15, -0.1) is 0 Å². The molecular weight excluding hydrogens is 360 g/mol. The summed E-state index contributed by atoms with van der Waals surface area (Å²) in [5.74, 6) is 0. The van der Waals surface area contributed by atoms with E-state index in [1.165, 1.54) is 44.2 Å². The van der Waals surface area contributed by atoms with Gasteiger partial charge in [-0.1, -0.05) is 126 Å². The van der Waals surface area contributed by atoms with Crippen molar-refractivity contribution in [2.45, 2.75) is 52.4 Å². The second-order valence-electron chi connectivity index (χ2n) is 10.4. The fourth-order valence-electron chi connectivity index (χ4n) is 4.13. The lowest BCUT2D eigenvalue weighted by Gasteiger charge is -2.21. The summed E-state index contributed by atoms with van der Waals surface area (Å²) in [6, 6.07) is 31.4. The highest BCUT2D eigenvalue weighted by Crippen LogP contribution is 2.38. The number of hydrogen-bond acceptors (Lipinski definition) is 0. The Bertz CT molecular complexity index is 1100. The lowest BCUT2D eigenvalue weighted by molar-refractivity contribution is 0.590. The van der Waals surface area contributed by atoms with Crippen molar-refractivity contribution in [1.29, 1.82) is 0 Å². The molecule has 0 aliphatic heterocycles. The molecule has 0 heterocycles. The first kappa shape index (κ1) is 20.4. The molecule has 0 N–H and O–H groups in total. The Labute approximate surface area is 181 Å². The van der Waals surface area contributed by atoms with Crippen LogP contribution in [-0.2, 0) is 10.8 Å². The van der Waals surface area contributed by atoms with E-state index in [1.54, 1.807) is 0 Å². The predicted molar refractivity (Wildman–Crippen MR) is 132 cm³/mol. The third kappa shape index (κ3) is 3.92. The Kier molecular flexibility index (Phi) is 5.06. The van der Waals surface area contributed by atoms with Crippen LogP contribution < -0.4 is 0 Å². The van der Waals surface area contributed by atoms with Crippen molar-refractivity contribution in [2.75, 3.05) is 0 Å². The maximum absolute atomic E-state index is 2.36. The van der Waals surface area contributed by atoms with Crippen LogP contribution in [0.15, 0.2) is 84.9 Å². The maximum atomic E-state index is 2.36. The van der Waals surface area contributed by atoms with E-state index in [0.29, 0.717) is 0 Å². The zero-order valence-corrected chi connectivity index (χ0v) is 19.1. The molecule has 0 aliphatic rings. The molecule has 30 heavy (non-hydrogen) atoms. The third-order valence-corrected chi connectivity index (χ3v) is 5.98. The van der Waals surface area contributed by atoms with E-state index < -0.39 is 0 Å². The van der Waals surface area contributed by atoms with Gasteiger partial charge in [-0.05, 0) is 55.0 Å². The molecule has 4 aromatic rings. The largest absolute Gasteiger partial charge is 0.0614 e. The van der Waals surface area contributed by atoms with Crippen molar-refractivity contribution in [1.82, 2.24) is 0 Å². The first-order chi connectivity index (χ1) is 14.1. The summed E-state index contributed by atoms with van der Waals surface area (Å²) in [6.07, 6.45) is 0. The molecule has 0 aliphatic carbocycles. The zero-order valence-electron chi connectivity index (χ0n) is 19.1. The molecule has 0 fully saturated rings. The van der Waals surface area contributed by atoms with Gasteiger partial charge >= 0.3 is 0 Å². The van der Waals surface area contributed by atoms with E-state index in [2.05, 4.69) is 126 Å². The van der Waals surface area contributed by atoms with E-state index in [1.807, 2.05) is 0 Å². The maximum Gasteiger partial charge on any atom is -0.00268 e. The molecule has 0 radical (unpaired) electrons. The molecule has 152 valence electrons. The van der Waals surface area contributed by atoms with Crippen LogP contribution in [0.3, 0.4) is 0 Å². The first-order valence-corrected chi connectivity index (χ1v) is 10.9. The Morgan fingerprint density at radius 2 is 0.867 bits per heavy atom. The van der Waals surface area contributed by atoms with Gasteiger partial charge in [-0.2, -0.15) is 0 Å². The summed E-state index contributed by atoms with van der Waals surface area (Å²) >= 11 is 0. The Balaban J connectivity index is 1.98. The molecule has 0 amide bonds. The molecular formula is C30H32. The highest BCUT2D eigenvalue weighted by molar-refractivity contribution is 6.06. The molecule has 0 saturated heterocycles. The van der Waals surface area contributed by atoms with Crippen LogP contribution >= 0.6 is 0 Å². The zero-order chi connectivity index (χ0) is 21.5. The molecule has 0 saturated carbocycles. The van der Waals surface area contributed by atoms with Crippen molar-refractivity contribution in [3.05, 3.63) is 96.1 Å². The van der Waals surface area contributed by atoms with Crippen molar-refractivity contribution in [3.8, 4) is 22.3 Å². The van der Waals surface area contributed by atoms with Gasteiger partial charge in [0.1, 0.15) is 0 Å². The van der Waals surface area contributed by atoms with Gasteiger partial charge in [0.2, 0.25) is 0 Å². The minimum Gasteiger partial charge on any atom is -0.0614 e. The van der Waals surface area contributed by atoms with E-state index in [9.17, 15) is 0 Å². The summed E-state index contributed by atoms with van der Waals surface area (Å²) in [5.41, 5.74) is 8.16. The standard InChI is InChI=1S/C30H32/c1-29(2,3)24-15-7-13-22(19-24)26-17-9-11-21-12-10-18-27(28(21)26)23-14-8-16-25(20-23)30(4,5)6/h7-20H,1-6H3. The molecule has 0 spiro atoms. The van der Waals surface area contributed by atoms with E-state index in [4.69, 9.17) is 0 Å². The molecule has 4 rings (SSSR count). The molecule has 4 aromatic carbocycles. The SMILES string of the molecule is CC(C)(C)c1cccc(-c2cccc3cccc(-c4cccc(C(C)(C)C)c4)c23)c1. The van der Waals surface area contributed by atoms with Gasteiger partial charge in [0.05, 0.1) is 0 Å². The summed E-state index contributed by atoms with van der Waals surface area (Å²) in [5, 5.41) is 2.62.